The molecule has 0 aromatic heterocycles. The van der Waals surface area contributed by atoms with Gasteiger partial charge in [-0.05, 0) is 46.8 Å². The summed E-state index contributed by atoms with van der Waals surface area (Å²) in [6.07, 6.45) is 0. The van der Waals surface area contributed by atoms with Crippen molar-refractivity contribution in [3.8, 4) is 5.75 Å². The third kappa shape index (κ3) is 5.58. The molecular formula is C29H39OPSSi. The standard InChI is InChI=1S/C29H39OPSSi/c1-22(2)33(23(3)4,24(5)6)32-21-25-15-11-13-19-28(25)31(26-16-9-8-10-17-26)29-20-14-12-18-27(29)30-7/h8-20,22-24H,21H2,1-7H3. The molecule has 0 aliphatic heterocycles. The van der Waals surface area contributed by atoms with Crippen molar-refractivity contribution in [2.75, 3.05) is 7.11 Å². The zero-order valence-corrected chi connectivity index (χ0v) is 23.9. The van der Waals surface area contributed by atoms with Crippen molar-refractivity contribution in [3.63, 3.8) is 0 Å². The first-order valence-corrected chi connectivity index (χ1v) is 17.3. The second kappa shape index (κ2) is 11.7. The van der Waals surface area contributed by atoms with E-state index in [0.29, 0.717) is 0 Å². The Morgan fingerprint density at radius 1 is 0.697 bits per heavy atom. The molecule has 0 radical (unpaired) electrons. The van der Waals surface area contributed by atoms with E-state index >= 15 is 0 Å². The molecule has 0 amide bonds. The van der Waals surface area contributed by atoms with Crippen LogP contribution in [-0.4, -0.2) is 14.3 Å². The first-order valence-electron chi connectivity index (χ1n) is 12.0. The van der Waals surface area contributed by atoms with Crippen LogP contribution in [0.5, 0.6) is 5.75 Å². The predicted octanol–water partition coefficient (Wildman–Crippen LogP) is 7.86. The number of para-hydroxylation sites is 1. The quantitative estimate of drug-likeness (QED) is 0.209. The molecule has 0 aliphatic rings. The highest BCUT2D eigenvalue weighted by Gasteiger charge is 2.43. The largest absolute Gasteiger partial charge is 0.496 e. The van der Waals surface area contributed by atoms with Gasteiger partial charge in [0.05, 0.1) is 7.11 Å². The van der Waals surface area contributed by atoms with E-state index in [9.17, 15) is 0 Å². The van der Waals surface area contributed by atoms with Crippen LogP contribution in [0.4, 0.5) is 0 Å². The Balaban J connectivity index is 2.10. The van der Waals surface area contributed by atoms with Crippen molar-refractivity contribution in [2.24, 2.45) is 0 Å². The van der Waals surface area contributed by atoms with Gasteiger partial charge in [0.15, 0.2) is 0 Å². The average Bonchev–Trinajstić information content (AvgIpc) is 2.81. The Kier molecular flexibility index (Phi) is 9.27. The van der Waals surface area contributed by atoms with E-state index in [1.54, 1.807) is 7.11 Å². The fourth-order valence-corrected chi connectivity index (χ4v) is 17.9. The molecule has 0 aliphatic carbocycles. The summed E-state index contributed by atoms with van der Waals surface area (Å²) in [5.74, 6) is 2.06. The smallest absolute Gasteiger partial charge is 0.127 e. The molecule has 3 aromatic rings. The average molecular weight is 495 g/mol. The van der Waals surface area contributed by atoms with E-state index in [2.05, 4.69) is 132 Å². The molecular weight excluding hydrogens is 455 g/mol. The van der Waals surface area contributed by atoms with Crippen molar-refractivity contribution >= 4 is 42.3 Å². The minimum absolute atomic E-state index is 0.710. The zero-order valence-electron chi connectivity index (χ0n) is 21.2. The lowest BCUT2D eigenvalue weighted by Gasteiger charge is -2.42. The number of benzene rings is 3. The van der Waals surface area contributed by atoms with Crippen LogP contribution in [0.25, 0.3) is 0 Å². The molecule has 1 nitrogen and oxygen atoms in total. The van der Waals surface area contributed by atoms with Gasteiger partial charge in [-0.2, -0.15) is 11.2 Å². The molecule has 0 heterocycles. The Bertz CT molecular complexity index is 997. The predicted molar refractivity (Wildman–Crippen MR) is 154 cm³/mol. The number of ether oxygens (including phenoxy) is 1. The van der Waals surface area contributed by atoms with Crippen molar-refractivity contribution in [1.82, 2.24) is 0 Å². The van der Waals surface area contributed by atoms with Crippen LogP contribution in [0.15, 0.2) is 78.9 Å². The summed E-state index contributed by atoms with van der Waals surface area (Å²) in [5.41, 5.74) is 3.72. The monoisotopic (exact) mass is 494 g/mol. The SMILES string of the molecule is COc1ccccc1P(c1ccccc1)c1ccccc1CS[Si](C(C)C)(C(C)C)C(C)C. The molecule has 0 saturated heterocycles. The fraction of sp³-hybridized carbons (Fsp3) is 0.379. The Labute approximate surface area is 207 Å². The summed E-state index contributed by atoms with van der Waals surface area (Å²) >= 11 is 2.30. The van der Waals surface area contributed by atoms with Crippen LogP contribution in [0.2, 0.25) is 16.6 Å². The molecule has 3 aromatic carbocycles. The molecule has 0 fully saturated rings. The van der Waals surface area contributed by atoms with Gasteiger partial charge in [0.1, 0.15) is 13.0 Å². The van der Waals surface area contributed by atoms with Crippen molar-refractivity contribution in [1.29, 1.82) is 0 Å². The molecule has 0 N–H and O–H groups in total. The first kappa shape index (κ1) is 26.1. The summed E-state index contributed by atoms with van der Waals surface area (Å²) in [7, 11) is -0.470. The molecule has 33 heavy (non-hydrogen) atoms. The molecule has 3 rings (SSSR count). The maximum atomic E-state index is 5.84. The van der Waals surface area contributed by atoms with E-state index in [4.69, 9.17) is 4.74 Å². The zero-order chi connectivity index (χ0) is 24.0. The summed E-state index contributed by atoms with van der Waals surface area (Å²) in [5, 5.41) is 4.11. The second-order valence-corrected chi connectivity index (χ2v) is 20.5. The van der Waals surface area contributed by atoms with Crippen LogP contribution in [0.3, 0.4) is 0 Å². The molecule has 4 heteroatoms. The Morgan fingerprint density at radius 2 is 1.21 bits per heavy atom. The Hall–Kier alpha value is -1.54. The van der Waals surface area contributed by atoms with Gasteiger partial charge in [0.25, 0.3) is 0 Å². The lowest BCUT2D eigenvalue weighted by Crippen LogP contribution is -2.41. The molecule has 1 unspecified atom stereocenters. The second-order valence-electron chi connectivity index (χ2n) is 9.58. The summed E-state index contributed by atoms with van der Waals surface area (Å²) < 4.78 is 5.84. The maximum Gasteiger partial charge on any atom is 0.127 e. The van der Waals surface area contributed by atoms with Crippen molar-refractivity contribution in [3.05, 3.63) is 84.4 Å². The van der Waals surface area contributed by atoms with Crippen LogP contribution in [0.1, 0.15) is 47.1 Å². The normalized spacial score (nSPS) is 13.0. The molecule has 0 spiro atoms. The number of hydrogen-bond acceptors (Lipinski definition) is 2. The minimum Gasteiger partial charge on any atom is -0.496 e. The van der Waals surface area contributed by atoms with Gasteiger partial charge in [0.2, 0.25) is 0 Å². The van der Waals surface area contributed by atoms with Crippen LogP contribution in [-0.2, 0) is 5.75 Å². The number of methoxy groups -OCH3 is 1. The lowest BCUT2D eigenvalue weighted by atomic mass is 10.2. The topological polar surface area (TPSA) is 9.23 Å². The van der Waals surface area contributed by atoms with Crippen LogP contribution in [0, 0.1) is 0 Å². The molecule has 1 atom stereocenters. The third-order valence-corrected chi connectivity index (χ3v) is 21.9. The third-order valence-electron chi connectivity index (χ3n) is 6.76. The molecule has 0 saturated carbocycles. The lowest BCUT2D eigenvalue weighted by molar-refractivity contribution is 0.418. The highest BCUT2D eigenvalue weighted by molar-refractivity contribution is 8.28. The van der Waals surface area contributed by atoms with Gasteiger partial charge >= 0.3 is 0 Å². The van der Waals surface area contributed by atoms with Crippen molar-refractivity contribution in [2.45, 2.75) is 63.9 Å². The van der Waals surface area contributed by atoms with Gasteiger partial charge in [-0.3, -0.25) is 0 Å². The van der Waals surface area contributed by atoms with Gasteiger partial charge in [-0.15, -0.1) is 0 Å². The molecule has 176 valence electrons. The van der Waals surface area contributed by atoms with Gasteiger partial charge < -0.3 is 4.74 Å². The summed E-state index contributed by atoms with van der Waals surface area (Å²) in [6.45, 7) is 14.7. The fourth-order valence-electron chi connectivity index (χ4n) is 5.35. The van der Waals surface area contributed by atoms with E-state index < -0.39 is 15.1 Å². The van der Waals surface area contributed by atoms with Crippen molar-refractivity contribution < 1.29 is 4.74 Å². The van der Waals surface area contributed by atoms with Gasteiger partial charge in [0, 0.05) is 11.1 Å². The first-order chi connectivity index (χ1) is 15.8. The van der Waals surface area contributed by atoms with E-state index in [1.807, 2.05) is 0 Å². The van der Waals surface area contributed by atoms with Crippen LogP contribution >= 0.6 is 19.1 Å². The number of hydrogen-bond donors (Lipinski definition) is 0. The van der Waals surface area contributed by atoms with Gasteiger partial charge in [-0.25, -0.2) is 0 Å². The molecule has 0 bridgehead atoms. The number of rotatable bonds is 10. The Morgan fingerprint density at radius 3 is 1.79 bits per heavy atom. The maximum absolute atomic E-state index is 5.84. The highest BCUT2D eigenvalue weighted by Crippen LogP contribution is 2.50. The van der Waals surface area contributed by atoms with Crippen LogP contribution < -0.4 is 20.7 Å². The van der Waals surface area contributed by atoms with E-state index in [0.717, 1.165) is 28.1 Å². The van der Waals surface area contributed by atoms with E-state index in [1.165, 1.54) is 21.5 Å². The van der Waals surface area contributed by atoms with Gasteiger partial charge in [-0.1, -0.05) is 114 Å². The minimum atomic E-state index is -1.55. The summed E-state index contributed by atoms with van der Waals surface area (Å²) in [4.78, 5) is 0. The summed E-state index contributed by atoms with van der Waals surface area (Å²) in [6, 6.07) is 28.6. The highest BCUT2D eigenvalue weighted by atomic mass is 32.4. The van der Waals surface area contributed by atoms with E-state index in [-0.39, 0.29) is 0 Å².